The second kappa shape index (κ2) is 7.25. The van der Waals surface area contributed by atoms with E-state index in [1.165, 1.54) is 18.2 Å². The summed E-state index contributed by atoms with van der Waals surface area (Å²) < 4.78 is 56.1. The lowest BCUT2D eigenvalue weighted by molar-refractivity contribution is -0.121. The SMILES string of the molecule is CS(=O)(=O)NC(=O)[C@@H](N)C(CC(N)=O)c1ccccc1S(=O)(=O)O. The van der Waals surface area contributed by atoms with Crippen molar-refractivity contribution in [3.8, 4) is 0 Å². The first-order chi connectivity index (χ1) is 10.8. The molecule has 0 aromatic heterocycles. The summed E-state index contributed by atoms with van der Waals surface area (Å²) in [5.74, 6) is -3.30. The van der Waals surface area contributed by atoms with Crippen LogP contribution < -0.4 is 16.2 Å². The molecule has 2 atom stereocenters. The average Bonchev–Trinajstić information content (AvgIpc) is 2.41. The third-order valence-corrected chi connectivity index (χ3v) is 4.54. The topological polar surface area (TPSA) is 187 Å². The van der Waals surface area contributed by atoms with E-state index in [0.717, 1.165) is 12.3 Å². The Kier molecular flexibility index (Phi) is 6.05. The summed E-state index contributed by atoms with van der Waals surface area (Å²) in [7, 11) is -8.58. The van der Waals surface area contributed by atoms with Gasteiger partial charge in [-0.2, -0.15) is 8.42 Å². The number of hydrogen-bond acceptors (Lipinski definition) is 7. The molecule has 0 radical (unpaired) electrons. The van der Waals surface area contributed by atoms with Crippen LogP contribution in [0.5, 0.6) is 0 Å². The van der Waals surface area contributed by atoms with Crippen LogP contribution in [0.4, 0.5) is 0 Å². The Balaban J connectivity index is 3.39. The first-order valence-corrected chi connectivity index (χ1v) is 9.78. The Morgan fingerprint density at radius 3 is 2.21 bits per heavy atom. The van der Waals surface area contributed by atoms with E-state index < -0.39 is 55.2 Å². The maximum Gasteiger partial charge on any atom is 0.294 e. The smallest absolute Gasteiger partial charge is 0.294 e. The zero-order valence-electron chi connectivity index (χ0n) is 12.5. The third-order valence-electron chi connectivity index (χ3n) is 3.04. The molecule has 1 aromatic carbocycles. The zero-order valence-corrected chi connectivity index (χ0v) is 14.2. The van der Waals surface area contributed by atoms with Gasteiger partial charge in [-0.1, -0.05) is 18.2 Å². The molecular formula is C12H17N3O7S2. The third kappa shape index (κ3) is 5.56. The van der Waals surface area contributed by atoms with E-state index in [4.69, 9.17) is 11.5 Å². The van der Waals surface area contributed by atoms with Gasteiger partial charge in [-0.05, 0) is 11.6 Å². The Morgan fingerprint density at radius 1 is 1.21 bits per heavy atom. The molecular weight excluding hydrogens is 362 g/mol. The van der Waals surface area contributed by atoms with Crippen molar-refractivity contribution >= 4 is 32.0 Å². The predicted molar refractivity (Wildman–Crippen MR) is 83.8 cm³/mol. The molecule has 2 amide bonds. The van der Waals surface area contributed by atoms with Gasteiger partial charge in [0.25, 0.3) is 16.0 Å². The minimum atomic E-state index is -4.67. The number of hydrogen-bond donors (Lipinski definition) is 4. The highest BCUT2D eigenvalue weighted by Gasteiger charge is 2.32. The number of rotatable bonds is 7. The van der Waals surface area contributed by atoms with Crippen LogP contribution in [0.15, 0.2) is 29.2 Å². The number of benzene rings is 1. The molecule has 10 nitrogen and oxygen atoms in total. The number of carbonyl (C=O) groups is 2. The molecule has 134 valence electrons. The normalized spacial score (nSPS) is 14.6. The highest BCUT2D eigenvalue weighted by atomic mass is 32.2. The summed E-state index contributed by atoms with van der Waals surface area (Å²) in [6.07, 6.45) is 0.192. The van der Waals surface area contributed by atoms with E-state index in [1.54, 1.807) is 4.72 Å². The molecule has 0 aliphatic heterocycles. The number of carbonyl (C=O) groups excluding carboxylic acids is 2. The fourth-order valence-electron chi connectivity index (χ4n) is 2.10. The molecule has 0 heterocycles. The van der Waals surface area contributed by atoms with Crippen LogP contribution in [-0.4, -0.2) is 45.5 Å². The summed E-state index contributed by atoms with van der Waals surface area (Å²) in [4.78, 5) is 22.6. The van der Waals surface area contributed by atoms with Crippen LogP contribution in [-0.2, 0) is 29.7 Å². The van der Waals surface area contributed by atoms with Gasteiger partial charge >= 0.3 is 0 Å². The van der Waals surface area contributed by atoms with E-state index in [2.05, 4.69) is 0 Å². The van der Waals surface area contributed by atoms with Crippen molar-refractivity contribution in [2.75, 3.05) is 6.26 Å². The Labute approximate surface area is 139 Å². The maximum absolute atomic E-state index is 11.9. The van der Waals surface area contributed by atoms with Crippen molar-refractivity contribution in [1.82, 2.24) is 4.72 Å². The second-order valence-electron chi connectivity index (χ2n) is 5.05. The highest BCUT2D eigenvalue weighted by molar-refractivity contribution is 7.89. The molecule has 0 fully saturated rings. The molecule has 6 N–H and O–H groups in total. The van der Waals surface area contributed by atoms with Crippen LogP contribution in [0.25, 0.3) is 0 Å². The van der Waals surface area contributed by atoms with Gasteiger partial charge in [0.2, 0.25) is 15.9 Å². The Morgan fingerprint density at radius 2 is 1.75 bits per heavy atom. The zero-order chi connectivity index (χ0) is 18.7. The number of sulfonamides is 1. The molecule has 0 aliphatic rings. The van der Waals surface area contributed by atoms with Gasteiger partial charge in [0.05, 0.1) is 17.2 Å². The van der Waals surface area contributed by atoms with E-state index >= 15 is 0 Å². The fourth-order valence-corrected chi connectivity index (χ4v) is 3.37. The number of amides is 2. The molecule has 12 heteroatoms. The summed E-state index contributed by atoms with van der Waals surface area (Å²) >= 11 is 0. The van der Waals surface area contributed by atoms with E-state index in [0.29, 0.717) is 0 Å². The Bertz CT molecular complexity index is 849. The molecule has 0 saturated carbocycles. The van der Waals surface area contributed by atoms with E-state index in [-0.39, 0.29) is 5.56 Å². The molecule has 0 saturated heterocycles. The largest absolute Gasteiger partial charge is 0.370 e. The van der Waals surface area contributed by atoms with Crippen molar-refractivity contribution in [2.24, 2.45) is 11.5 Å². The first-order valence-electron chi connectivity index (χ1n) is 6.45. The van der Waals surface area contributed by atoms with Crippen LogP contribution in [0.1, 0.15) is 17.9 Å². The van der Waals surface area contributed by atoms with Crippen LogP contribution in [0, 0.1) is 0 Å². The summed E-state index contributed by atoms with van der Waals surface area (Å²) in [5.41, 5.74) is 10.7. The molecule has 0 aliphatic carbocycles. The van der Waals surface area contributed by atoms with Gasteiger partial charge in [0.1, 0.15) is 0 Å². The lowest BCUT2D eigenvalue weighted by Crippen LogP contribution is -2.47. The lowest BCUT2D eigenvalue weighted by atomic mass is 9.88. The van der Waals surface area contributed by atoms with Crippen LogP contribution >= 0.6 is 0 Å². The van der Waals surface area contributed by atoms with Crippen LogP contribution in [0.2, 0.25) is 0 Å². The molecule has 0 spiro atoms. The standard InChI is InChI=1S/C12H17N3O7S2/c1-23(18,19)15-12(17)11(14)8(6-10(13)16)7-4-2-3-5-9(7)24(20,21)22/h2-5,8,11H,6,14H2,1H3,(H2,13,16)(H,15,17)(H,20,21,22)/t8?,11-/m0/s1. The van der Waals surface area contributed by atoms with E-state index in [1.807, 2.05) is 0 Å². The lowest BCUT2D eigenvalue weighted by Gasteiger charge is -2.23. The minimum Gasteiger partial charge on any atom is -0.370 e. The molecule has 1 aromatic rings. The number of nitrogens with one attached hydrogen (secondary N) is 1. The van der Waals surface area contributed by atoms with Crippen LogP contribution in [0.3, 0.4) is 0 Å². The second-order valence-corrected chi connectivity index (χ2v) is 8.19. The van der Waals surface area contributed by atoms with Gasteiger partial charge in [0.15, 0.2) is 0 Å². The average molecular weight is 379 g/mol. The predicted octanol–water partition coefficient (Wildman–Crippen LogP) is -1.70. The Hall–Kier alpha value is -2.02. The van der Waals surface area contributed by atoms with Crippen molar-refractivity contribution < 1.29 is 31.0 Å². The van der Waals surface area contributed by atoms with Crippen molar-refractivity contribution in [3.05, 3.63) is 29.8 Å². The molecule has 0 bridgehead atoms. The molecule has 1 rings (SSSR count). The van der Waals surface area contributed by atoms with Crippen molar-refractivity contribution in [2.45, 2.75) is 23.3 Å². The summed E-state index contributed by atoms with van der Waals surface area (Å²) in [5, 5.41) is 0. The minimum absolute atomic E-state index is 0.130. The quantitative estimate of drug-likeness (QED) is 0.403. The monoisotopic (exact) mass is 379 g/mol. The van der Waals surface area contributed by atoms with Gasteiger partial charge in [-0.25, -0.2) is 8.42 Å². The summed E-state index contributed by atoms with van der Waals surface area (Å²) in [6.45, 7) is 0. The van der Waals surface area contributed by atoms with Gasteiger partial charge in [-0.15, -0.1) is 0 Å². The van der Waals surface area contributed by atoms with E-state index in [9.17, 15) is 31.0 Å². The first kappa shape index (κ1) is 20.0. The van der Waals surface area contributed by atoms with Gasteiger partial charge in [-0.3, -0.25) is 18.9 Å². The van der Waals surface area contributed by atoms with Gasteiger partial charge in [0, 0.05) is 12.3 Å². The van der Waals surface area contributed by atoms with Crippen molar-refractivity contribution in [1.29, 1.82) is 0 Å². The fraction of sp³-hybridized carbons (Fsp3) is 0.333. The van der Waals surface area contributed by atoms with Crippen molar-refractivity contribution in [3.63, 3.8) is 0 Å². The van der Waals surface area contributed by atoms with Gasteiger partial charge < -0.3 is 11.5 Å². The maximum atomic E-state index is 11.9. The molecule has 1 unspecified atom stereocenters. The number of primary amides is 1. The molecule has 24 heavy (non-hydrogen) atoms. The highest BCUT2D eigenvalue weighted by Crippen LogP contribution is 2.29. The number of nitrogens with two attached hydrogens (primary N) is 2. The summed E-state index contributed by atoms with van der Waals surface area (Å²) in [6, 6.07) is 3.41.